The van der Waals surface area contributed by atoms with Crippen LogP contribution >= 0.6 is 22.9 Å². The summed E-state index contributed by atoms with van der Waals surface area (Å²) >= 11 is 7.82. The van der Waals surface area contributed by atoms with E-state index >= 15 is 0 Å². The Morgan fingerprint density at radius 1 is 1.06 bits per heavy atom. The van der Waals surface area contributed by atoms with Crippen LogP contribution in [-0.2, 0) is 0 Å². The molecule has 0 aliphatic rings. The van der Waals surface area contributed by atoms with Gasteiger partial charge in [-0.2, -0.15) is 0 Å². The number of carbonyl (C=O) groups is 1. The van der Waals surface area contributed by atoms with E-state index in [1.54, 1.807) is 12.0 Å². The number of halogens is 1. The van der Waals surface area contributed by atoms with Crippen molar-refractivity contribution < 1.29 is 9.53 Å². The molecule has 0 bridgehead atoms. The number of rotatable bonds is 7. The molecule has 0 fully saturated rings. The highest BCUT2D eigenvalue weighted by molar-refractivity contribution is 7.22. The Kier molecular flexibility index (Phi) is 6.41. The van der Waals surface area contributed by atoms with E-state index in [4.69, 9.17) is 21.3 Å². The Balaban J connectivity index is 1.78. The lowest BCUT2D eigenvalue weighted by molar-refractivity contribution is 0.0983. The third-order valence-electron chi connectivity index (χ3n) is 5.12. The van der Waals surface area contributed by atoms with Crippen LogP contribution in [0.5, 0.6) is 5.75 Å². The SMILES string of the molecule is COc1cc2ccccc2cc1C(=O)N(CCCN(C)C)c1nc2c(Cl)cccc2s1. The summed E-state index contributed by atoms with van der Waals surface area (Å²) in [5, 5.41) is 3.25. The molecule has 1 amide bonds. The molecule has 0 atom stereocenters. The first kappa shape index (κ1) is 21.6. The Hall–Kier alpha value is -2.67. The van der Waals surface area contributed by atoms with Crippen molar-refractivity contribution in [2.45, 2.75) is 6.42 Å². The molecule has 5 nitrogen and oxygen atoms in total. The number of nitrogens with zero attached hydrogens (tertiary/aromatic N) is 3. The van der Waals surface area contributed by atoms with Gasteiger partial charge < -0.3 is 9.64 Å². The minimum absolute atomic E-state index is 0.128. The number of thiazole rings is 1. The van der Waals surface area contributed by atoms with E-state index in [2.05, 4.69) is 4.90 Å². The van der Waals surface area contributed by atoms with Crippen LogP contribution in [0.2, 0.25) is 5.02 Å². The number of para-hydroxylation sites is 1. The molecule has 0 N–H and O–H groups in total. The average molecular weight is 454 g/mol. The number of aromatic nitrogens is 1. The molecular weight excluding hydrogens is 430 g/mol. The van der Waals surface area contributed by atoms with Crippen molar-refractivity contribution in [3.8, 4) is 5.75 Å². The molecule has 4 rings (SSSR count). The van der Waals surface area contributed by atoms with Crippen LogP contribution in [-0.4, -0.2) is 50.1 Å². The molecule has 160 valence electrons. The van der Waals surface area contributed by atoms with E-state index in [1.807, 2.05) is 68.7 Å². The first-order valence-electron chi connectivity index (χ1n) is 10.1. The van der Waals surface area contributed by atoms with Crippen LogP contribution in [0, 0.1) is 0 Å². The molecule has 31 heavy (non-hydrogen) atoms. The molecule has 7 heteroatoms. The number of ether oxygens (including phenoxy) is 1. The lowest BCUT2D eigenvalue weighted by Gasteiger charge is -2.22. The van der Waals surface area contributed by atoms with Crippen LogP contribution in [0.4, 0.5) is 5.13 Å². The third-order valence-corrected chi connectivity index (χ3v) is 6.47. The van der Waals surface area contributed by atoms with E-state index in [0.29, 0.717) is 28.0 Å². The van der Waals surface area contributed by atoms with Gasteiger partial charge >= 0.3 is 0 Å². The zero-order valence-electron chi connectivity index (χ0n) is 17.8. The topological polar surface area (TPSA) is 45.7 Å². The van der Waals surface area contributed by atoms with E-state index in [0.717, 1.165) is 34.0 Å². The smallest absolute Gasteiger partial charge is 0.263 e. The molecule has 1 aromatic heterocycles. The van der Waals surface area contributed by atoms with E-state index in [1.165, 1.54) is 11.3 Å². The van der Waals surface area contributed by atoms with Crippen molar-refractivity contribution in [1.29, 1.82) is 0 Å². The lowest BCUT2D eigenvalue weighted by atomic mass is 10.0. The van der Waals surface area contributed by atoms with Crippen molar-refractivity contribution in [3.05, 3.63) is 65.2 Å². The van der Waals surface area contributed by atoms with Crippen LogP contribution in [0.25, 0.3) is 21.0 Å². The highest BCUT2D eigenvalue weighted by atomic mass is 35.5. The van der Waals surface area contributed by atoms with Gasteiger partial charge in [0.25, 0.3) is 5.91 Å². The van der Waals surface area contributed by atoms with Crippen LogP contribution < -0.4 is 9.64 Å². The number of benzene rings is 3. The van der Waals surface area contributed by atoms with Crippen LogP contribution in [0.15, 0.2) is 54.6 Å². The molecule has 0 saturated heterocycles. The summed E-state index contributed by atoms with van der Waals surface area (Å²) in [5.41, 5.74) is 1.25. The van der Waals surface area contributed by atoms with Crippen LogP contribution in [0.1, 0.15) is 16.8 Å². The monoisotopic (exact) mass is 453 g/mol. The molecule has 4 aromatic rings. The molecule has 0 saturated carbocycles. The number of amides is 1. The highest BCUT2D eigenvalue weighted by Crippen LogP contribution is 2.35. The van der Waals surface area contributed by atoms with Gasteiger partial charge in [-0.05, 0) is 62.1 Å². The molecule has 0 spiro atoms. The first-order chi connectivity index (χ1) is 15.0. The number of anilines is 1. The number of methoxy groups -OCH3 is 1. The second-order valence-corrected chi connectivity index (χ2v) is 9.01. The normalized spacial score (nSPS) is 11.4. The van der Waals surface area contributed by atoms with Gasteiger partial charge in [0.15, 0.2) is 5.13 Å². The van der Waals surface area contributed by atoms with Gasteiger partial charge in [-0.15, -0.1) is 0 Å². The maximum atomic E-state index is 13.8. The fourth-order valence-electron chi connectivity index (χ4n) is 3.55. The van der Waals surface area contributed by atoms with E-state index < -0.39 is 0 Å². The average Bonchev–Trinajstić information content (AvgIpc) is 3.20. The summed E-state index contributed by atoms with van der Waals surface area (Å²) in [6.07, 6.45) is 0.818. The lowest BCUT2D eigenvalue weighted by Crippen LogP contribution is -2.33. The summed E-state index contributed by atoms with van der Waals surface area (Å²) in [7, 11) is 5.64. The molecule has 0 radical (unpaired) electrons. The molecule has 0 unspecified atom stereocenters. The Labute approximate surface area is 190 Å². The fraction of sp³-hybridized carbons (Fsp3) is 0.250. The fourth-order valence-corrected chi connectivity index (χ4v) is 4.84. The van der Waals surface area contributed by atoms with Crippen molar-refractivity contribution in [2.75, 3.05) is 39.2 Å². The standard InChI is InChI=1S/C24H24ClN3O2S/c1-27(2)12-7-13-28(24-26-22-19(25)10-6-11-21(22)31-24)23(29)18-14-16-8-4-5-9-17(16)15-20(18)30-3/h4-6,8-11,14-15H,7,12-13H2,1-3H3. The molecule has 0 aliphatic carbocycles. The second-order valence-electron chi connectivity index (χ2n) is 7.60. The van der Waals surface area contributed by atoms with Gasteiger partial charge in [0.2, 0.25) is 0 Å². The predicted molar refractivity (Wildman–Crippen MR) is 130 cm³/mol. The minimum atomic E-state index is -0.128. The van der Waals surface area contributed by atoms with Gasteiger partial charge in [-0.25, -0.2) is 4.98 Å². The van der Waals surface area contributed by atoms with Crippen LogP contribution in [0.3, 0.4) is 0 Å². The van der Waals surface area contributed by atoms with Gasteiger partial charge in [0.05, 0.1) is 22.4 Å². The highest BCUT2D eigenvalue weighted by Gasteiger charge is 2.25. The van der Waals surface area contributed by atoms with Crippen molar-refractivity contribution in [3.63, 3.8) is 0 Å². The third kappa shape index (κ3) is 4.51. The van der Waals surface area contributed by atoms with Gasteiger partial charge in [0.1, 0.15) is 11.3 Å². The summed E-state index contributed by atoms with van der Waals surface area (Å²) in [5.74, 6) is 0.428. The maximum Gasteiger partial charge on any atom is 0.263 e. The molecule has 0 aliphatic heterocycles. The summed E-state index contributed by atoms with van der Waals surface area (Å²) in [6.45, 7) is 1.41. The number of carbonyl (C=O) groups excluding carboxylic acids is 1. The number of hydrogen-bond acceptors (Lipinski definition) is 5. The van der Waals surface area contributed by atoms with Gasteiger partial charge in [0, 0.05) is 6.54 Å². The zero-order valence-corrected chi connectivity index (χ0v) is 19.3. The van der Waals surface area contributed by atoms with Gasteiger partial charge in [-0.3, -0.25) is 9.69 Å². The summed E-state index contributed by atoms with van der Waals surface area (Å²) in [4.78, 5) is 22.3. The van der Waals surface area contributed by atoms with Gasteiger partial charge in [-0.1, -0.05) is 53.3 Å². The Morgan fingerprint density at radius 2 is 1.81 bits per heavy atom. The first-order valence-corrected chi connectivity index (χ1v) is 11.3. The molecule has 1 heterocycles. The summed E-state index contributed by atoms with van der Waals surface area (Å²) < 4.78 is 6.54. The Bertz CT molecular complexity index is 1240. The molecular formula is C24H24ClN3O2S. The number of fused-ring (bicyclic) bond motifs is 2. The largest absolute Gasteiger partial charge is 0.496 e. The predicted octanol–water partition coefficient (Wildman–Crippen LogP) is 5.71. The second kappa shape index (κ2) is 9.22. The Morgan fingerprint density at radius 3 is 2.48 bits per heavy atom. The summed E-state index contributed by atoms with van der Waals surface area (Å²) in [6, 6.07) is 17.5. The zero-order chi connectivity index (χ0) is 22.0. The minimum Gasteiger partial charge on any atom is -0.496 e. The van der Waals surface area contributed by atoms with Crippen molar-refractivity contribution in [1.82, 2.24) is 9.88 Å². The van der Waals surface area contributed by atoms with Crippen molar-refractivity contribution in [2.24, 2.45) is 0 Å². The molecule has 3 aromatic carbocycles. The van der Waals surface area contributed by atoms with Crippen molar-refractivity contribution >= 4 is 55.0 Å². The quantitative estimate of drug-likeness (QED) is 0.359. The van der Waals surface area contributed by atoms with E-state index in [9.17, 15) is 4.79 Å². The maximum absolute atomic E-state index is 13.8. The number of hydrogen-bond donors (Lipinski definition) is 0. The van der Waals surface area contributed by atoms with E-state index in [-0.39, 0.29) is 5.91 Å².